The van der Waals surface area contributed by atoms with Crippen LogP contribution in [0.25, 0.3) is 10.2 Å². The summed E-state index contributed by atoms with van der Waals surface area (Å²) in [5, 5.41) is 4.11. The molecular formula is C15H14N4O2S. The molecule has 0 aromatic carbocycles. The number of nitrogens with one attached hydrogen (secondary N) is 1. The zero-order valence-electron chi connectivity index (χ0n) is 12.2. The average molecular weight is 314 g/mol. The number of pyridine rings is 1. The van der Waals surface area contributed by atoms with Crippen molar-refractivity contribution in [2.75, 3.05) is 12.4 Å². The van der Waals surface area contributed by atoms with Gasteiger partial charge < -0.3 is 10.1 Å². The van der Waals surface area contributed by atoms with Gasteiger partial charge in [-0.15, -0.1) is 11.3 Å². The van der Waals surface area contributed by atoms with Crippen LogP contribution < -0.4 is 5.32 Å². The van der Waals surface area contributed by atoms with Crippen molar-refractivity contribution < 1.29 is 9.53 Å². The van der Waals surface area contributed by atoms with Crippen molar-refractivity contribution in [1.82, 2.24) is 15.0 Å². The highest BCUT2D eigenvalue weighted by Crippen LogP contribution is 2.33. The maximum absolute atomic E-state index is 11.8. The van der Waals surface area contributed by atoms with Crippen molar-refractivity contribution in [3.05, 3.63) is 46.9 Å². The number of ether oxygens (including phenoxy) is 1. The highest BCUT2D eigenvalue weighted by Gasteiger charge is 2.19. The summed E-state index contributed by atoms with van der Waals surface area (Å²) in [4.78, 5) is 25.9. The number of thiophene rings is 1. The van der Waals surface area contributed by atoms with Crippen LogP contribution in [-0.4, -0.2) is 28.0 Å². The SMILES string of the molecule is COC(=O)c1sc2ncnc(NCc3ccccn3)c2c1C. The number of rotatable bonds is 4. The summed E-state index contributed by atoms with van der Waals surface area (Å²) in [5.74, 6) is 0.343. The van der Waals surface area contributed by atoms with E-state index in [1.807, 2.05) is 25.1 Å². The summed E-state index contributed by atoms with van der Waals surface area (Å²) in [7, 11) is 1.37. The van der Waals surface area contributed by atoms with Gasteiger partial charge in [-0.2, -0.15) is 0 Å². The first-order valence-electron chi connectivity index (χ1n) is 6.67. The molecule has 22 heavy (non-hydrogen) atoms. The molecule has 0 saturated carbocycles. The van der Waals surface area contributed by atoms with Gasteiger partial charge in [0.1, 0.15) is 21.9 Å². The second-order valence-electron chi connectivity index (χ2n) is 4.62. The van der Waals surface area contributed by atoms with Crippen LogP contribution in [0.5, 0.6) is 0 Å². The van der Waals surface area contributed by atoms with Gasteiger partial charge in [-0.25, -0.2) is 14.8 Å². The molecule has 112 valence electrons. The lowest BCUT2D eigenvalue weighted by atomic mass is 10.2. The lowest BCUT2D eigenvalue weighted by Crippen LogP contribution is -2.04. The number of aromatic nitrogens is 3. The molecule has 0 spiro atoms. The quantitative estimate of drug-likeness (QED) is 0.746. The third-order valence-corrected chi connectivity index (χ3v) is 4.44. The van der Waals surface area contributed by atoms with Crippen molar-refractivity contribution >= 4 is 33.3 Å². The standard InChI is InChI=1S/C15H14N4O2S/c1-9-11-13(17-7-10-5-3-4-6-16-10)18-8-19-14(11)22-12(9)15(20)21-2/h3-6,8H,7H2,1-2H3,(H,17,18,19). The van der Waals surface area contributed by atoms with E-state index in [9.17, 15) is 4.79 Å². The molecule has 7 heteroatoms. The lowest BCUT2D eigenvalue weighted by Gasteiger charge is -2.06. The maximum Gasteiger partial charge on any atom is 0.348 e. The number of carbonyl (C=O) groups excluding carboxylic acids is 1. The van der Waals surface area contributed by atoms with Crippen LogP contribution in [0.15, 0.2) is 30.7 Å². The third kappa shape index (κ3) is 2.62. The molecule has 0 unspecified atom stereocenters. The van der Waals surface area contributed by atoms with Gasteiger partial charge in [0.25, 0.3) is 0 Å². The van der Waals surface area contributed by atoms with Gasteiger partial charge in [-0.1, -0.05) is 6.07 Å². The number of fused-ring (bicyclic) bond motifs is 1. The Kier molecular flexibility index (Phi) is 3.97. The fourth-order valence-corrected chi connectivity index (χ4v) is 3.24. The summed E-state index contributed by atoms with van der Waals surface area (Å²) in [6.07, 6.45) is 3.23. The first kappa shape index (κ1) is 14.4. The van der Waals surface area contributed by atoms with Crippen LogP contribution >= 0.6 is 11.3 Å². The molecule has 0 amide bonds. The first-order chi connectivity index (χ1) is 10.7. The Morgan fingerprint density at radius 2 is 2.18 bits per heavy atom. The molecule has 3 aromatic heterocycles. The van der Waals surface area contributed by atoms with Gasteiger partial charge in [0.05, 0.1) is 24.7 Å². The molecule has 0 saturated heterocycles. The van der Waals surface area contributed by atoms with E-state index in [1.165, 1.54) is 24.8 Å². The Morgan fingerprint density at radius 3 is 2.91 bits per heavy atom. The van der Waals surface area contributed by atoms with Crippen LogP contribution in [0.4, 0.5) is 5.82 Å². The number of methoxy groups -OCH3 is 1. The number of hydrogen-bond donors (Lipinski definition) is 1. The summed E-state index contributed by atoms with van der Waals surface area (Å²) < 4.78 is 4.81. The topological polar surface area (TPSA) is 77.0 Å². The van der Waals surface area contributed by atoms with Gasteiger partial charge in [0, 0.05) is 6.20 Å². The van der Waals surface area contributed by atoms with Crippen molar-refractivity contribution in [3.8, 4) is 0 Å². The van der Waals surface area contributed by atoms with Crippen molar-refractivity contribution in [3.63, 3.8) is 0 Å². The van der Waals surface area contributed by atoms with Gasteiger partial charge in [-0.3, -0.25) is 4.98 Å². The fourth-order valence-electron chi connectivity index (χ4n) is 2.17. The summed E-state index contributed by atoms with van der Waals surface area (Å²) in [6.45, 7) is 2.43. The molecule has 3 rings (SSSR count). The first-order valence-corrected chi connectivity index (χ1v) is 7.48. The van der Waals surface area contributed by atoms with E-state index in [0.717, 1.165) is 21.5 Å². The molecule has 0 atom stereocenters. The molecule has 0 radical (unpaired) electrons. The fraction of sp³-hybridized carbons (Fsp3) is 0.200. The molecule has 3 aromatic rings. The average Bonchev–Trinajstić information content (AvgIpc) is 2.91. The van der Waals surface area contributed by atoms with Crippen molar-refractivity contribution in [2.24, 2.45) is 0 Å². The number of nitrogens with zero attached hydrogens (tertiary/aromatic N) is 3. The monoisotopic (exact) mass is 314 g/mol. The third-order valence-electron chi connectivity index (χ3n) is 3.26. The second kappa shape index (κ2) is 6.07. The van der Waals surface area contributed by atoms with E-state index < -0.39 is 0 Å². The Hall–Kier alpha value is -2.54. The minimum Gasteiger partial charge on any atom is -0.465 e. The van der Waals surface area contributed by atoms with E-state index >= 15 is 0 Å². The minimum atomic E-state index is -0.351. The van der Waals surface area contributed by atoms with Gasteiger partial charge in [-0.05, 0) is 24.6 Å². The second-order valence-corrected chi connectivity index (χ2v) is 5.62. The number of aryl methyl sites for hydroxylation is 1. The van der Waals surface area contributed by atoms with Gasteiger partial charge >= 0.3 is 5.97 Å². The predicted molar refractivity (Wildman–Crippen MR) is 85.1 cm³/mol. The van der Waals surface area contributed by atoms with Crippen LogP contribution in [0.2, 0.25) is 0 Å². The molecule has 0 aliphatic heterocycles. The number of carbonyl (C=O) groups is 1. The molecule has 0 bridgehead atoms. The van der Waals surface area contributed by atoms with Crippen LogP contribution in [0.3, 0.4) is 0 Å². The molecule has 0 aliphatic rings. The summed E-state index contributed by atoms with van der Waals surface area (Å²) >= 11 is 1.31. The van der Waals surface area contributed by atoms with Crippen molar-refractivity contribution in [2.45, 2.75) is 13.5 Å². The molecule has 1 N–H and O–H groups in total. The number of hydrogen-bond acceptors (Lipinski definition) is 7. The van der Waals surface area contributed by atoms with E-state index in [-0.39, 0.29) is 5.97 Å². The van der Waals surface area contributed by atoms with E-state index in [1.54, 1.807) is 6.20 Å². The van der Waals surface area contributed by atoms with Crippen molar-refractivity contribution in [1.29, 1.82) is 0 Å². The number of anilines is 1. The van der Waals surface area contributed by atoms with Gasteiger partial charge in [0.2, 0.25) is 0 Å². The number of esters is 1. The molecule has 0 aliphatic carbocycles. The Morgan fingerprint density at radius 1 is 1.32 bits per heavy atom. The highest BCUT2D eigenvalue weighted by atomic mass is 32.1. The predicted octanol–water partition coefficient (Wildman–Crippen LogP) is 2.79. The summed E-state index contributed by atoms with van der Waals surface area (Å²) in [5.41, 5.74) is 1.74. The molecule has 3 heterocycles. The van der Waals surface area contributed by atoms with Crippen LogP contribution in [0, 0.1) is 6.92 Å². The normalized spacial score (nSPS) is 10.6. The summed E-state index contributed by atoms with van der Waals surface area (Å²) in [6, 6.07) is 5.74. The van der Waals surface area contributed by atoms with Crippen LogP contribution in [0.1, 0.15) is 20.9 Å². The Balaban J connectivity index is 1.96. The largest absolute Gasteiger partial charge is 0.465 e. The highest BCUT2D eigenvalue weighted by molar-refractivity contribution is 7.20. The molecular weight excluding hydrogens is 300 g/mol. The smallest absolute Gasteiger partial charge is 0.348 e. The molecule has 0 fully saturated rings. The van der Waals surface area contributed by atoms with Gasteiger partial charge in [0.15, 0.2) is 0 Å². The van der Waals surface area contributed by atoms with E-state index in [2.05, 4.69) is 20.3 Å². The Bertz CT molecular complexity index is 817. The van der Waals surface area contributed by atoms with E-state index in [0.29, 0.717) is 17.2 Å². The van der Waals surface area contributed by atoms with Crippen LogP contribution in [-0.2, 0) is 11.3 Å². The zero-order valence-corrected chi connectivity index (χ0v) is 13.0. The lowest BCUT2D eigenvalue weighted by molar-refractivity contribution is 0.0605. The zero-order chi connectivity index (χ0) is 15.5. The molecule has 6 nitrogen and oxygen atoms in total. The van der Waals surface area contributed by atoms with E-state index in [4.69, 9.17) is 4.74 Å². The minimum absolute atomic E-state index is 0.351. The maximum atomic E-state index is 11.8. The Labute approximate surface area is 131 Å².